The molecule has 12 heteroatoms. The number of carboxylic acids is 1. The van der Waals surface area contributed by atoms with Gasteiger partial charge in [-0.25, -0.2) is 19.6 Å². The second-order valence-corrected chi connectivity index (χ2v) is 8.52. The molecule has 1 atom stereocenters. The summed E-state index contributed by atoms with van der Waals surface area (Å²) < 4.78 is 19.9. The molecule has 4 aromatic rings. The van der Waals surface area contributed by atoms with Gasteiger partial charge in [0.05, 0.1) is 51.2 Å². The van der Waals surface area contributed by atoms with Crippen molar-refractivity contribution in [2.75, 3.05) is 26.6 Å². The number of aliphatic carboxylic acids is 1. The number of carboxylic acid groups (broad SMARTS) is 1. The Bertz CT molecular complexity index is 1370. The molecule has 4 rings (SSSR count). The topological polar surface area (TPSA) is 138 Å². The lowest BCUT2D eigenvalue weighted by Crippen LogP contribution is -2.11. The van der Waals surface area contributed by atoms with Crippen molar-refractivity contribution in [3.63, 3.8) is 0 Å². The minimum atomic E-state index is -0.915. The third-order valence-electron chi connectivity index (χ3n) is 5.66. The van der Waals surface area contributed by atoms with Crippen LogP contribution in [0.5, 0.6) is 17.2 Å². The first-order chi connectivity index (χ1) is 17.2. The standard InChI is InChI=1S/C24H29N7O5/c1-13(2)31-24-16(10-26-31)23(28-22(29-24)14(3)7-20(32)33)27-19-11-30(12-25-19)15-8-17(34-4)21(36-6)18(9-15)35-5/h8-14H,7H2,1-6H3,(H,32,33)(H,27,28,29). The van der Waals surface area contributed by atoms with Gasteiger partial charge in [0.2, 0.25) is 5.75 Å². The molecule has 190 valence electrons. The van der Waals surface area contributed by atoms with Crippen molar-refractivity contribution >= 4 is 28.6 Å². The smallest absolute Gasteiger partial charge is 0.304 e. The highest BCUT2D eigenvalue weighted by Gasteiger charge is 2.20. The number of ether oxygens (including phenoxy) is 3. The van der Waals surface area contributed by atoms with Crippen molar-refractivity contribution in [1.82, 2.24) is 29.3 Å². The van der Waals surface area contributed by atoms with Crippen molar-refractivity contribution in [2.45, 2.75) is 39.2 Å². The van der Waals surface area contributed by atoms with Crippen LogP contribution in [0, 0.1) is 0 Å². The number of imidazole rings is 1. The number of anilines is 2. The average Bonchev–Trinajstić information content (AvgIpc) is 3.50. The quantitative estimate of drug-likeness (QED) is 0.332. The minimum Gasteiger partial charge on any atom is -0.493 e. The molecule has 0 aliphatic heterocycles. The van der Waals surface area contributed by atoms with Gasteiger partial charge in [-0.05, 0) is 13.8 Å². The lowest BCUT2D eigenvalue weighted by Gasteiger charge is -2.14. The summed E-state index contributed by atoms with van der Waals surface area (Å²) in [6.07, 6.45) is 5.05. The summed E-state index contributed by atoms with van der Waals surface area (Å²) >= 11 is 0. The maximum absolute atomic E-state index is 11.3. The Labute approximate surface area is 207 Å². The van der Waals surface area contributed by atoms with Gasteiger partial charge in [0.1, 0.15) is 23.8 Å². The van der Waals surface area contributed by atoms with Gasteiger partial charge in [-0.15, -0.1) is 0 Å². The summed E-state index contributed by atoms with van der Waals surface area (Å²) in [5, 5.41) is 17.7. The minimum absolute atomic E-state index is 0.0621. The van der Waals surface area contributed by atoms with Crippen LogP contribution in [-0.2, 0) is 4.79 Å². The maximum Gasteiger partial charge on any atom is 0.304 e. The normalized spacial score (nSPS) is 12.1. The molecular weight excluding hydrogens is 466 g/mol. The molecule has 2 N–H and O–H groups in total. The van der Waals surface area contributed by atoms with Crippen molar-refractivity contribution in [2.24, 2.45) is 0 Å². The molecule has 1 aromatic carbocycles. The molecule has 0 aliphatic carbocycles. The number of rotatable bonds is 10. The SMILES string of the molecule is COc1cc(-n2cnc(Nc3nc(C(C)CC(=O)O)nc4c3cnn4C(C)C)c2)cc(OC)c1OC. The van der Waals surface area contributed by atoms with Gasteiger partial charge < -0.3 is 29.2 Å². The Morgan fingerprint density at radius 2 is 1.78 bits per heavy atom. The van der Waals surface area contributed by atoms with Crippen LogP contribution in [0.2, 0.25) is 0 Å². The molecule has 1 unspecified atom stereocenters. The number of methoxy groups -OCH3 is 3. The zero-order valence-corrected chi connectivity index (χ0v) is 21.0. The van der Waals surface area contributed by atoms with Crippen molar-refractivity contribution in [3.05, 3.63) is 36.7 Å². The van der Waals surface area contributed by atoms with Crippen LogP contribution in [0.25, 0.3) is 16.7 Å². The molecule has 3 aromatic heterocycles. The summed E-state index contributed by atoms with van der Waals surface area (Å²) in [7, 11) is 4.67. The van der Waals surface area contributed by atoms with E-state index in [0.717, 1.165) is 5.69 Å². The van der Waals surface area contributed by atoms with Crippen LogP contribution >= 0.6 is 0 Å². The van der Waals surface area contributed by atoms with E-state index in [1.165, 1.54) is 0 Å². The van der Waals surface area contributed by atoms with Gasteiger partial charge in [0, 0.05) is 24.1 Å². The number of hydrogen-bond donors (Lipinski definition) is 2. The fourth-order valence-electron chi connectivity index (χ4n) is 3.86. The molecule has 0 amide bonds. The van der Waals surface area contributed by atoms with Crippen LogP contribution < -0.4 is 19.5 Å². The van der Waals surface area contributed by atoms with E-state index in [1.54, 1.807) is 56.2 Å². The van der Waals surface area contributed by atoms with E-state index in [1.807, 2.05) is 26.0 Å². The van der Waals surface area contributed by atoms with E-state index >= 15 is 0 Å². The van der Waals surface area contributed by atoms with Crippen molar-refractivity contribution in [1.29, 1.82) is 0 Å². The van der Waals surface area contributed by atoms with Crippen molar-refractivity contribution in [3.8, 4) is 22.9 Å². The van der Waals surface area contributed by atoms with Gasteiger partial charge in [0.25, 0.3) is 0 Å². The molecule has 0 saturated heterocycles. The average molecular weight is 496 g/mol. The van der Waals surface area contributed by atoms with E-state index in [0.29, 0.717) is 45.7 Å². The van der Waals surface area contributed by atoms with E-state index < -0.39 is 5.97 Å². The first-order valence-electron chi connectivity index (χ1n) is 11.3. The molecule has 0 bridgehead atoms. The second kappa shape index (κ2) is 10.1. The van der Waals surface area contributed by atoms with Crippen LogP contribution in [-0.4, -0.2) is 61.7 Å². The summed E-state index contributed by atoms with van der Waals surface area (Å²) in [6.45, 7) is 5.79. The Kier molecular flexibility index (Phi) is 6.95. The fraction of sp³-hybridized carbons (Fsp3) is 0.375. The van der Waals surface area contributed by atoms with Gasteiger partial charge in [-0.3, -0.25) is 4.79 Å². The van der Waals surface area contributed by atoms with E-state index in [2.05, 4.69) is 25.4 Å². The lowest BCUT2D eigenvalue weighted by molar-refractivity contribution is -0.137. The number of nitrogens with one attached hydrogen (secondary N) is 1. The molecular formula is C24H29N7O5. The second-order valence-electron chi connectivity index (χ2n) is 8.52. The van der Waals surface area contributed by atoms with Gasteiger partial charge in [-0.2, -0.15) is 5.10 Å². The highest BCUT2D eigenvalue weighted by Crippen LogP contribution is 2.39. The monoisotopic (exact) mass is 495 g/mol. The molecule has 0 fully saturated rings. The molecule has 12 nitrogen and oxygen atoms in total. The largest absolute Gasteiger partial charge is 0.493 e. The fourth-order valence-corrected chi connectivity index (χ4v) is 3.86. The highest BCUT2D eigenvalue weighted by molar-refractivity contribution is 5.88. The summed E-state index contributed by atoms with van der Waals surface area (Å²) in [5.74, 6) is 1.67. The number of hydrogen-bond acceptors (Lipinski definition) is 9. The zero-order valence-electron chi connectivity index (χ0n) is 21.0. The Morgan fingerprint density at radius 1 is 1.08 bits per heavy atom. The highest BCUT2D eigenvalue weighted by atomic mass is 16.5. The molecule has 3 heterocycles. The summed E-state index contributed by atoms with van der Waals surface area (Å²) in [5.41, 5.74) is 1.38. The zero-order chi connectivity index (χ0) is 26.0. The van der Waals surface area contributed by atoms with Crippen LogP contribution in [0.15, 0.2) is 30.9 Å². The van der Waals surface area contributed by atoms with Crippen molar-refractivity contribution < 1.29 is 24.1 Å². The predicted octanol–water partition coefficient (Wildman–Crippen LogP) is 3.94. The van der Waals surface area contributed by atoms with Crippen LogP contribution in [0.4, 0.5) is 11.6 Å². The number of fused-ring (bicyclic) bond motifs is 1. The van der Waals surface area contributed by atoms with E-state index in [9.17, 15) is 9.90 Å². The molecule has 0 aliphatic rings. The molecule has 36 heavy (non-hydrogen) atoms. The Morgan fingerprint density at radius 3 is 2.36 bits per heavy atom. The Hall–Kier alpha value is -4.35. The number of nitrogens with zero attached hydrogens (tertiary/aromatic N) is 6. The van der Waals surface area contributed by atoms with Gasteiger partial charge in [-0.1, -0.05) is 6.92 Å². The molecule has 0 saturated carbocycles. The third kappa shape index (κ3) is 4.74. The van der Waals surface area contributed by atoms with Gasteiger partial charge in [0.15, 0.2) is 17.1 Å². The van der Waals surface area contributed by atoms with Crippen LogP contribution in [0.3, 0.4) is 0 Å². The van der Waals surface area contributed by atoms with E-state index in [4.69, 9.17) is 14.2 Å². The number of benzene rings is 1. The summed E-state index contributed by atoms with van der Waals surface area (Å²) in [6, 6.07) is 3.69. The third-order valence-corrected chi connectivity index (χ3v) is 5.66. The lowest BCUT2D eigenvalue weighted by atomic mass is 10.1. The Balaban J connectivity index is 1.73. The maximum atomic E-state index is 11.3. The number of aromatic nitrogens is 6. The van der Waals surface area contributed by atoms with Gasteiger partial charge >= 0.3 is 5.97 Å². The number of carbonyl (C=O) groups is 1. The van der Waals surface area contributed by atoms with E-state index in [-0.39, 0.29) is 18.4 Å². The summed E-state index contributed by atoms with van der Waals surface area (Å²) in [4.78, 5) is 25.0. The first-order valence-corrected chi connectivity index (χ1v) is 11.3. The van der Waals surface area contributed by atoms with Crippen LogP contribution in [0.1, 0.15) is 45.0 Å². The molecule has 0 radical (unpaired) electrons. The molecule has 0 spiro atoms. The first kappa shape index (κ1) is 24.8. The predicted molar refractivity (Wildman–Crippen MR) is 133 cm³/mol.